The smallest absolute Gasteiger partial charge is 0.227 e. The van der Waals surface area contributed by atoms with Crippen LogP contribution in [0.3, 0.4) is 0 Å². The fourth-order valence-corrected chi connectivity index (χ4v) is 1.77. The summed E-state index contributed by atoms with van der Waals surface area (Å²) in [5, 5.41) is 2.91. The minimum absolute atomic E-state index is 0.0113. The Kier molecular flexibility index (Phi) is 5.78. The Balaban J connectivity index is 2.40. The summed E-state index contributed by atoms with van der Waals surface area (Å²) in [5.74, 6) is 0.0718. The van der Waals surface area contributed by atoms with E-state index < -0.39 is 0 Å². The zero-order chi connectivity index (χ0) is 13.5. The normalized spacial score (nSPS) is 14.0. The molecule has 2 unspecified atom stereocenters. The minimum atomic E-state index is 0.0113. The molecule has 0 bridgehead atoms. The molecule has 4 nitrogen and oxygen atoms in total. The highest BCUT2D eigenvalue weighted by molar-refractivity contribution is 5.92. The number of hydrogen-bond donors (Lipinski definition) is 2. The van der Waals surface area contributed by atoms with Crippen LogP contribution in [0, 0.1) is 12.8 Å². The second-order valence-electron chi connectivity index (χ2n) is 4.98. The van der Waals surface area contributed by atoms with Crippen LogP contribution in [0.2, 0.25) is 0 Å². The number of aromatic nitrogens is 1. The van der Waals surface area contributed by atoms with E-state index in [0.29, 0.717) is 0 Å². The second kappa shape index (κ2) is 7.11. The van der Waals surface area contributed by atoms with E-state index >= 15 is 0 Å². The number of hydrogen-bond acceptors (Lipinski definition) is 3. The van der Waals surface area contributed by atoms with Gasteiger partial charge in [-0.2, -0.15) is 0 Å². The molecule has 1 heterocycles. The van der Waals surface area contributed by atoms with Crippen molar-refractivity contribution in [3.63, 3.8) is 0 Å². The predicted molar refractivity (Wildman–Crippen MR) is 74.3 cm³/mol. The van der Waals surface area contributed by atoms with Crippen LogP contribution in [0.5, 0.6) is 0 Å². The van der Waals surface area contributed by atoms with E-state index in [0.717, 1.165) is 30.6 Å². The van der Waals surface area contributed by atoms with Gasteiger partial charge < -0.3 is 11.1 Å². The number of carbonyl (C=O) groups is 1. The van der Waals surface area contributed by atoms with Crippen molar-refractivity contribution < 1.29 is 4.79 Å². The lowest BCUT2D eigenvalue weighted by Crippen LogP contribution is -2.21. The number of rotatable bonds is 6. The van der Waals surface area contributed by atoms with Gasteiger partial charge in [0.25, 0.3) is 0 Å². The third-order valence-corrected chi connectivity index (χ3v) is 2.91. The molecule has 0 saturated heterocycles. The van der Waals surface area contributed by atoms with Crippen molar-refractivity contribution in [2.45, 2.75) is 46.1 Å². The van der Waals surface area contributed by atoms with E-state index in [2.05, 4.69) is 10.3 Å². The summed E-state index contributed by atoms with van der Waals surface area (Å²) in [4.78, 5) is 16.0. The summed E-state index contributed by atoms with van der Waals surface area (Å²) in [7, 11) is 0. The molecule has 0 saturated carbocycles. The van der Waals surface area contributed by atoms with Gasteiger partial charge in [-0.05, 0) is 38.8 Å². The first-order valence-corrected chi connectivity index (χ1v) is 6.48. The molecule has 18 heavy (non-hydrogen) atoms. The van der Waals surface area contributed by atoms with Gasteiger partial charge in [-0.3, -0.25) is 9.78 Å². The van der Waals surface area contributed by atoms with Crippen molar-refractivity contribution >= 4 is 11.6 Å². The molecule has 0 spiro atoms. The number of nitrogens with two attached hydrogens (primary N) is 1. The molecule has 1 amide bonds. The molecule has 0 aliphatic heterocycles. The zero-order valence-electron chi connectivity index (χ0n) is 11.4. The lowest BCUT2D eigenvalue weighted by atomic mass is 10.0. The number of aryl methyl sites for hydroxylation is 1. The molecule has 0 radical (unpaired) electrons. The van der Waals surface area contributed by atoms with E-state index in [1.807, 2.05) is 26.8 Å². The Morgan fingerprint density at radius 1 is 1.44 bits per heavy atom. The van der Waals surface area contributed by atoms with Crippen molar-refractivity contribution in [1.29, 1.82) is 0 Å². The molecular weight excluding hydrogens is 226 g/mol. The number of nitrogens with zero attached hydrogens (tertiary/aromatic N) is 1. The highest BCUT2D eigenvalue weighted by Crippen LogP contribution is 2.13. The number of pyridine rings is 1. The van der Waals surface area contributed by atoms with Gasteiger partial charge in [0.15, 0.2) is 0 Å². The molecule has 1 aromatic heterocycles. The van der Waals surface area contributed by atoms with Crippen LogP contribution in [0.1, 0.15) is 38.8 Å². The fraction of sp³-hybridized carbons (Fsp3) is 0.571. The maximum Gasteiger partial charge on any atom is 0.227 e. The molecule has 4 heteroatoms. The van der Waals surface area contributed by atoms with Crippen molar-refractivity contribution in [2.24, 2.45) is 11.7 Å². The summed E-state index contributed by atoms with van der Waals surface area (Å²) < 4.78 is 0. The van der Waals surface area contributed by atoms with E-state index in [9.17, 15) is 4.79 Å². The lowest BCUT2D eigenvalue weighted by molar-refractivity contribution is -0.119. The van der Waals surface area contributed by atoms with Gasteiger partial charge in [0.1, 0.15) is 0 Å². The third-order valence-electron chi connectivity index (χ3n) is 2.91. The highest BCUT2D eigenvalue weighted by atomic mass is 16.1. The minimum Gasteiger partial charge on any atom is -0.328 e. The van der Waals surface area contributed by atoms with E-state index in [4.69, 9.17) is 5.73 Å². The largest absolute Gasteiger partial charge is 0.328 e. The number of carbonyl (C=O) groups excluding carboxylic acids is 1. The van der Waals surface area contributed by atoms with Gasteiger partial charge in [-0.1, -0.05) is 13.3 Å². The molecule has 0 aromatic carbocycles. The van der Waals surface area contributed by atoms with Gasteiger partial charge >= 0.3 is 0 Å². The summed E-state index contributed by atoms with van der Waals surface area (Å²) in [6.45, 7) is 5.84. The quantitative estimate of drug-likeness (QED) is 0.814. The standard InChI is InChI=1S/C14H23N3O/c1-10(5-4-6-11(2)15)14(18)17-13-7-8-16-12(3)9-13/h7-11H,4-6,15H2,1-3H3,(H,16,17,18). The van der Waals surface area contributed by atoms with Crippen LogP contribution in [0.15, 0.2) is 18.3 Å². The van der Waals surface area contributed by atoms with Crippen LogP contribution < -0.4 is 11.1 Å². The Labute approximate surface area is 109 Å². The van der Waals surface area contributed by atoms with Crippen molar-refractivity contribution in [3.8, 4) is 0 Å². The molecule has 1 rings (SSSR count). The fourth-order valence-electron chi connectivity index (χ4n) is 1.77. The molecular formula is C14H23N3O. The van der Waals surface area contributed by atoms with Gasteiger partial charge in [0, 0.05) is 29.5 Å². The molecule has 2 atom stereocenters. The first-order valence-electron chi connectivity index (χ1n) is 6.48. The first kappa shape index (κ1) is 14.6. The summed E-state index contributed by atoms with van der Waals surface area (Å²) in [5.41, 5.74) is 7.40. The van der Waals surface area contributed by atoms with Gasteiger partial charge in [0.05, 0.1) is 0 Å². The van der Waals surface area contributed by atoms with Crippen LogP contribution >= 0.6 is 0 Å². The Bertz CT molecular complexity index is 390. The Hall–Kier alpha value is -1.42. The first-order chi connectivity index (χ1) is 8.49. The number of anilines is 1. The SMILES string of the molecule is Cc1cc(NC(=O)C(C)CCCC(C)N)ccn1. The number of nitrogens with one attached hydrogen (secondary N) is 1. The molecule has 100 valence electrons. The highest BCUT2D eigenvalue weighted by Gasteiger charge is 2.13. The lowest BCUT2D eigenvalue weighted by Gasteiger charge is -2.13. The molecule has 1 aromatic rings. The average molecular weight is 249 g/mol. The topological polar surface area (TPSA) is 68.0 Å². The third kappa shape index (κ3) is 5.27. The maximum absolute atomic E-state index is 11.9. The van der Waals surface area contributed by atoms with Crippen molar-refractivity contribution in [3.05, 3.63) is 24.0 Å². The molecule has 0 aliphatic carbocycles. The summed E-state index contributed by atoms with van der Waals surface area (Å²) >= 11 is 0. The Morgan fingerprint density at radius 2 is 2.17 bits per heavy atom. The van der Waals surface area contributed by atoms with Crippen LogP contribution in [0.4, 0.5) is 5.69 Å². The van der Waals surface area contributed by atoms with Gasteiger partial charge in [-0.25, -0.2) is 0 Å². The monoisotopic (exact) mass is 249 g/mol. The zero-order valence-corrected chi connectivity index (χ0v) is 11.4. The summed E-state index contributed by atoms with van der Waals surface area (Å²) in [6, 6.07) is 3.88. The van der Waals surface area contributed by atoms with Crippen molar-refractivity contribution in [2.75, 3.05) is 5.32 Å². The van der Waals surface area contributed by atoms with Crippen LogP contribution in [-0.4, -0.2) is 16.9 Å². The van der Waals surface area contributed by atoms with E-state index in [1.165, 1.54) is 0 Å². The van der Waals surface area contributed by atoms with Crippen LogP contribution in [-0.2, 0) is 4.79 Å². The molecule has 3 N–H and O–H groups in total. The van der Waals surface area contributed by atoms with E-state index in [-0.39, 0.29) is 17.9 Å². The predicted octanol–water partition coefficient (Wildman–Crippen LogP) is 2.48. The van der Waals surface area contributed by atoms with Gasteiger partial charge in [0.2, 0.25) is 5.91 Å². The average Bonchev–Trinajstić information content (AvgIpc) is 2.28. The Morgan fingerprint density at radius 3 is 2.78 bits per heavy atom. The second-order valence-corrected chi connectivity index (χ2v) is 4.98. The summed E-state index contributed by atoms with van der Waals surface area (Å²) in [6.07, 6.45) is 4.52. The molecule has 0 fully saturated rings. The van der Waals surface area contributed by atoms with Crippen molar-refractivity contribution in [1.82, 2.24) is 4.98 Å². The maximum atomic E-state index is 11.9. The van der Waals surface area contributed by atoms with E-state index in [1.54, 1.807) is 12.3 Å². The number of amides is 1. The van der Waals surface area contributed by atoms with Crippen LogP contribution in [0.25, 0.3) is 0 Å². The molecule has 0 aliphatic rings. The van der Waals surface area contributed by atoms with Gasteiger partial charge in [-0.15, -0.1) is 0 Å².